The highest BCUT2D eigenvalue weighted by atomic mass is 19.1. The Morgan fingerprint density at radius 1 is 1.25 bits per heavy atom. The van der Waals surface area contributed by atoms with Crippen molar-refractivity contribution in [2.75, 3.05) is 0 Å². The van der Waals surface area contributed by atoms with Gasteiger partial charge in [0, 0.05) is 17.6 Å². The lowest BCUT2D eigenvalue weighted by atomic mass is 10.1. The highest BCUT2D eigenvalue weighted by Gasteiger charge is 2.30. The fourth-order valence-corrected chi connectivity index (χ4v) is 2.18. The maximum absolute atomic E-state index is 13.2. The third kappa shape index (κ3) is 2.51. The number of hydrogen-bond donors (Lipinski definition) is 0. The molecule has 1 amide bonds. The maximum Gasteiger partial charge on any atom is 0.311 e. The van der Waals surface area contributed by atoms with Crippen molar-refractivity contribution >= 4 is 5.91 Å². The lowest BCUT2D eigenvalue weighted by molar-refractivity contribution is -0.124. The Morgan fingerprint density at radius 3 is 2.80 bits per heavy atom. The minimum Gasteiger partial charge on any atom is -0.353 e. The van der Waals surface area contributed by atoms with E-state index in [1.807, 2.05) is 30.3 Å². The van der Waals surface area contributed by atoms with Gasteiger partial charge < -0.3 is 4.74 Å². The van der Waals surface area contributed by atoms with E-state index in [1.54, 1.807) is 12.1 Å². The van der Waals surface area contributed by atoms with Gasteiger partial charge in [0.25, 0.3) is 0 Å². The van der Waals surface area contributed by atoms with Gasteiger partial charge in [-0.15, -0.1) is 12.1 Å². The van der Waals surface area contributed by atoms with Gasteiger partial charge in [0.05, 0.1) is 0 Å². The van der Waals surface area contributed by atoms with Crippen LogP contribution in [0.5, 0.6) is 0 Å². The minimum atomic E-state index is -0.555. The van der Waals surface area contributed by atoms with Crippen molar-refractivity contribution in [2.45, 2.75) is 12.5 Å². The first-order chi connectivity index (χ1) is 9.74. The lowest BCUT2D eigenvalue weighted by Crippen LogP contribution is -2.33. The minimum absolute atomic E-state index is 0.181. The van der Waals surface area contributed by atoms with E-state index in [4.69, 9.17) is 4.74 Å². The van der Waals surface area contributed by atoms with Gasteiger partial charge in [0.1, 0.15) is 6.10 Å². The number of benzene rings is 2. The Morgan fingerprint density at radius 2 is 2.05 bits per heavy atom. The first-order valence-corrected chi connectivity index (χ1v) is 6.35. The average Bonchev–Trinajstić information content (AvgIpc) is 2.81. The van der Waals surface area contributed by atoms with Crippen LogP contribution in [0.3, 0.4) is 0 Å². The van der Waals surface area contributed by atoms with Crippen molar-refractivity contribution in [3.8, 4) is 0 Å². The molecule has 1 aliphatic heterocycles. The average molecular weight is 270 g/mol. The molecule has 1 saturated heterocycles. The van der Waals surface area contributed by atoms with Gasteiger partial charge in [-0.25, -0.2) is 4.39 Å². The van der Waals surface area contributed by atoms with Gasteiger partial charge in [-0.1, -0.05) is 30.3 Å². The third-order valence-electron chi connectivity index (χ3n) is 3.19. The second-order valence-electron chi connectivity index (χ2n) is 4.61. The predicted octanol–water partition coefficient (Wildman–Crippen LogP) is 1.60. The van der Waals surface area contributed by atoms with Crippen LogP contribution in [0.4, 0.5) is 4.39 Å². The van der Waals surface area contributed by atoms with Crippen LogP contribution in [0.15, 0.2) is 54.6 Å². The summed E-state index contributed by atoms with van der Waals surface area (Å²) < 4.78 is 19.9. The molecule has 0 aromatic heterocycles. The van der Waals surface area contributed by atoms with Gasteiger partial charge in [-0.3, -0.25) is 9.37 Å². The molecule has 2 aromatic rings. The molecule has 0 aliphatic carbocycles. The van der Waals surface area contributed by atoms with Gasteiger partial charge in [-0.2, -0.15) is 12.1 Å². The molecule has 20 heavy (non-hydrogen) atoms. The second kappa shape index (κ2) is 5.35. The molecule has 1 fully saturated rings. The van der Waals surface area contributed by atoms with Gasteiger partial charge in [-0.05, 0) is 5.56 Å². The van der Waals surface area contributed by atoms with Crippen LogP contribution in [-0.4, -0.2) is 12.0 Å². The number of nitrogens with zero attached hydrogens (tertiary/aromatic N) is 1. The molecule has 4 heteroatoms. The second-order valence-corrected chi connectivity index (χ2v) is 4.61. The summed E-state index contributed by atoms with van der Waals surface area (Å²) in [5.41, 5.74) is 1.03. The van der Waals surface area contributed by atoms with Crippen LogP contribution in [0.2, 0.25) is 0 Å². The molecule has 3 rings (SSSR count). The van der Waals surface area contributed by atoms with E-state index in [-0.39, 0.29) is 11.7 Å². The number of hydrogen-bond acceptors (Lipinski definition) is 2. The molecule has 1 atom stereocenters. The molecule has 0 saturated carbocycles. The summed E-state index contributed by atoms with van der Waals surface area (Å²) in [6.07, 6.45) is -0.0530. The molecule has 0 N–H and O–H groups in total. The number of amides is 1. The van der Waals surface area contributed by atoms with E-state index in [1.165, 1.54) is 23.4 Å². The van der Waals surface area contributed by atoms with Crippen LogP contribution in [0, 0.1) is 12.5 Å². The van der Waals surface area contributed by atoms with E-state index in [0.717, 1.165) is 5.56 Å². The normalized spacial score (nSPS) is 20.9. The number of ether oxygens (including phenoxy) is 1. The number of rotatable bonds is 2. The highest BCUT2D eigenvalue weighted by molar-refractivity contribution is 5.84. The van der Waals surface area contributed by atoms with Gasteiger partial charge in [0.15, 0.2) is 6.73 Å². The predicted molar refractivity (Wildman–Crippen MR) is 71.6 cm³/mol. The van der Waals surface area contributed by atoms with Crippen LogP contribution in [-0.2, 0) is 16.0 Å². The van der Waals surface area contributed by atoms with Crippen molar-refractivity contribution in [3.05, 3.63) is 78.1 Å². The Kier molecular flexibility index (Phi) is 3.39. The van der Waals surface area contributed by atoms with E-state index >= 15 is 0 Å². The maximum atomic E-state index is 13.2. The van der Waals surface area contributed by atoms with Gasteiger partial charge in [0.2, 0.25) is 0 Å². The van der Waals surface area contributed by atoms with Crippen molar-refractivity contribution in [2.24, 2.45) is 0 Å². The molecule has 0 bridgehead atoms. The summed E-state index contributed by atoms with van der Waals surface area (Å²) in [6, 6.07) is 15.5. The molecule has 1 heterocycles. The van der Waals surface area contributed by atoms with Crippen molar-refractivity contribution < 1.29 is 13.9 Å². The third-order valence-corrected chi connectivity index (χ3v) is 3.19. The first kappa shape index (κ1) is 12.7. The van der Waals surface area contributed by atoms with E-state index in [0.29, 0.717) is 11.8 Å². The fraction of sp³-hybridized carbons (Fsp3) is 0.125. The topological polar surface area (TPSA) is 29.3 Å². The van der Waals surface area contributed by atoms with Crippen LogP contribution < -0.4 is 9.93 Å². The largest absolute Gasteiger partial charge is 0.353 e. The summed E-state index contributed by atoms with van der Waals surface area (Å²) in [5, 5.41) is 0.477. The zero-order valence-electron chi connectivity index (χ0n) is 10.7. The zero-order valence-corrected chi connectivity index (χ0v) is 10.7. The zero-order chi connectivity index (χ0) is 13.9. The quantitative estimate of drug-likeness (QED) is 0.613. The highest BCUT2D eigenvalue weighted by Crippen LogP contribution is 2.13. The molecule has 1 aliphatic rings. The molecular formula is C16H13FNO2-. The Balaban J connectivity index is 1.86. The molecule has 0 spiro atoms. The molecule has 1 unspecified atom stereocenters. The summed E-state index contributed by atoms with van der Waals surface area (Å²) in [4.78, 5) is 12.3. The summed E-state index contributed by atoms with van der Waals surface area (Å²) in [6.45, 7) is 1.35. The van der Waals surface area contributed by atoms with E-state index < -0.39 is 6.10 Å². The Hall–Kier alpha value is -2.33. The number of carbonyl (C=O) groups is 1. The lowest BCUT2D eigenvalue weighted by Gasteiger charge is -2.06. The van der Waals surface area contributed by atoms with E-state index in [2.05, 4.69) is 0 Å². The van der Waals surface area contributed by atoms with Crippen molar-refractivity contribution in [1.29, 1.82) is 0 Å². The van der Waals surface area contributed by atoms with Gasteiger partial charge >= 0.3 is 5.91 Å². The molecular weight excluding hydrogens is 257 g/mol. The number of halogens is 1. The Labute approximate surface area is 115 Å². The summed E-state index contributed by atoms with van der Waals surface area (Å²) in [7, 11) is 0. The summed E-state index contributed by atoms with van der Waals surface area (Å²) >= 11 is 0. The Bertz CT molecular complexity index is 691. The smallest absolute Gasteiger partial charge is 0.311 e. The molecule has 2 aromatic carbocycles. The van der Waals surface area contributed by atoms with Crippen LogP contribution >= 0.6 is 0 Å². The molecule has 3 nitrogen and oxygen atoms in total. The van der Waals surface area contributed by atoms with Crippen molar-refractivity contribution in [1.82, 2.24) is 4.58 Å². The molecule has 102 valence electrons. The summed E-state index contributed by atoms with van der Waals surface area (Å²) in [5.74, 6) is -0.560. The van der Waals surface area contributed by atoms with Crippen LogP contribution in [0.1, 0.15) is 5.56 Å². The monoisotopic (exact) mass is 270 g/mol. The van der Waals surface area contributed by atoms with E-state index in [9.17, 15) is 9.18 Å². The van der Waals surface area contributed by atoms with Crippen LogP contribution in [0.25, 0.3) is 0 Å². The number of carbonyl (C=O) groups excluding carboxylic acids is 1. The SMILES string of the molecule is O=C1C(Cc2ccccc2)O[CH-][N+]1=c1cc[cH-]c(F)c1. The standard InChI is InChI=1S/C16H13FNO2/c17-13-7-4-8-14(10-13)18-11-20-15(16(18)19)9-12-5-2-1-3-6-12/h1-8,10-11,15H,9H2/q-1. The fourth-order valence-electron chi connectivity index (χ4n) is 2.18. The van der Waals surface area contributed by atoms with Crippen molar-refractivity contribution in [3.63, 3.8) is 0 Å². The molecule has 0 radical (unpaired) electrons. The first-order valence-electron chi connectivity index (χ1n) is 6.35.